The minimum atomic E-state index is -0.752. The molecule has 1 N–H and O–H groups in total. The number of carbonyl (C=O) groups excluding carboxylic acids is 2. The molecule has 0 saturated carbocycles. The van der Waals surface area contributed by atoms with Crippen molar-refractivity contribution in [3.8, 4) is 0 Å². The molecule has 1 spiro atoms. The number of ether oxygens (including phenoxy) is 2. The van der Waals surface area contributed by atoms with Crippen molar-refractivity contribution in [2.45, 2.75) is 44.3 Å². The number of esters is 1. The van der Waals surface area contributed by atoms with Crippen LogP contribution in [0.2, 0.25) is 0 Å². The number of halogens is 1. The zero-order valence-electron chi connectivity index (χ0n) is 13.2. The van der Waals surface area contributed by atoms with Gasteiger partial charge in [-0.15, -0.1) is 0 Å². The van der Waals surface area contributed by atoms with Crippen molar-refractivity contribution in [2.24, 2.45) is 5.92 Å². The summed E-state index contributed by atoms with van der Waals surface area (Å²) in [5.41, 5.74) is -0.448. The van der Waals surface area contributed by atoms with E-state index < -0.39 is 17.1 Å². The lowest BCUT2D eigenvalue weighted by molar-refractivity contribution is -0.178. The van der Waals surface area contributed by atoms with Gasteiger partial charge in [0.2, 0.25) is 5.91 Å². The van der Waals surface area contributed by atoms with E-state index in [0.717, 1.165) is 4.47 Å². The van der Waals surface area contributed by atoms with E-state index in [-0.39, 0.29) is 18.3 Å². The van der Waals surface area contributed by atoms with E-state index in [1.165, 1.54) is 0 Å². The van der Waals surface area contributed by atoms with Gasteiger partial charge in [0.15, 0.2) is 0 Å². The quantitative estimate of drug-likeness (QED) is 0.798. The van der Waals surface area contributed by atoms with E-state index in [2.05, 4.69) is 21.2 Å². The van der Waals surface area contributed by atoms with Crippen LogP contribution in [0.4, 0.5) is 5.69 Å². The van der Waals surface area contributed by atoms with Gasteiger partial charge in [-0.25, -0.2) is 0 Å². The fourth-order valence-corrected chi connectivity index (χ4v) is 3.80. The summed E-state index contributed by atoms with van der Waals surface area (Å²) in [6.45, 7) is 4.41. The van der Waals surface area contributed by atoms with E-state index in [4.69, 9.17) is 9.47 Å². The average molecular weight is 382 g/mol. The molecule has 2 saturated heterocycles. The first-order valence-corrected chi connectivity index (χ1v) is 8.51. The van der Waals surface area contributed by atoms with Crippen LogP contribution in [-0.4, -0.2) is 29.7 Å². The molecule has 1 aromatic carbocycles. The highest BCUT2D eigenvalue weighted by atomic mass is 79.9. The molecule has 0 aromatic heterocycles. The van der Waals surface area contributed by atoms with E-state index in [9.17, 15) is 9.59 Å². The van der Waals surface area contributed by atoms with Gasteiger partial charge in [0, 0.05) is 23.0 Å². The Kier molecular flexibility index (Phi) is 4.23. The highest BCUT2D eigenvalue weighted by Crippen LogP contribution is 2.45. The molecule has 2 fully saturated rings. The number of benzene rings is 1. The summed E-state index contributed by atoms with van der Waals surface area (Å²) in [5, 5.41) is 2.90. The molecule has 124 valence electrons. The van der Waals surface area contributed by atoms with Crippen molar-refractivity contribution in [3.05, 3.63) is 28.7 Å². The van der Waals surface area contributed by atoms with Crippen molar-refractivity contribution >= 4 is 33.5 Å². The maximum absolute atomic E-state index is 12.7. The van der Waals surface area contributed by atoms with Gasteiger partial charge >= 0.3 is 5.97 Å². The Balaban J connectivity index is 1.80. The van der Waals surface area contributed by atoms with Gasteiger partial charge in [-0.05, 0) is 38.1 Å². The smallest absolute Gasteiger partial charge is 0.307 e. The number of anilines is 1. The number of nitrogens with one attached hydrogen (secondary N) is 1. The zero-order chi connectivity index (χ0) is 16.7. The molecule has 0 unspecified atom stereocenters. The molecule has 5 nitrogen and oxygen atoms in total. The van der Waals surface area contributed by atoms with E-state index in [1.807, 2.05) is 38.1 Å². The van der Waals surface area contributed by atoms with E-state index >= 15 is 0 Å². The molecule has 0 aliphatic carbocycles. The molecule has 2 aliphatic rings. The number of hydrogen-bond acceptors (Lipinski definition) is 4. The Hall–Kier alpha value is -1.40. The van der Waals surface area contributed by atoms with Gasteiger partial charge in [0.05, 0.1) is 24.5 Å². The number of rotatable bonds is 2. The fraction of sp³-hybridized carbons (Fsp3) is 0.529. The van der Waals surface area contributed by atoms with Crippen molar-refractivity contribution in [1.82, 2.24) is 0 Å². The molecular formula is C17H20BrNO4. The second kappa shape index (κ2) is 5.91. The summed E-state index contributed by atoms with van der Waals surface area (Å²) in [4.78, 5) is 24.6. The van der Waals surface area contributed by atoms with Crippen LogP contribution in [0.5, 0.6) is 0 Å². The molecule has 2 atom stereocenters. The molecule has 3 rings (SSSR count). The van der Waals surface area contributed by atoms with Crippen LogP contribution < -0.4 is 5.32 Å². The Morgan fingerprint density at radius 2 is 2.00 bits per heavy atom. The standard InChI is InChI=1S/C17H20BrNO4/c1-16(2)10-17(7-8-22-16)13(9-14(20)23-17)15(21)19-12-5-3-11(18)4-6-12/h3-6,13H,7-10H2,1-2H3,(H,19,21)/t13-,17+/m1/s1. The SMILES string of the molecule is CC1(C)C[C@]2(CCO1)OC(=O)C[C@@H]2C(=O)Nc1ccc(Br)cc1. The van der Waals surface area contributed by atoms with Gasteiger partial charge in [-0.1, -0.05) is 15.9 Å². The van der Waals surface area contributed by atoms with Crippen LogP contribution in [0.3, 0.4) is 0 Å². The van der Waals surface area contributed by atoms with Crippen molar-refractivity contribution in [1.29, 1.82) is 0 Å². The lowest BCUT2D eigenvalue weighted by Crippen LogP contribution is -2.52. The average Bonchev–Trinajstić information content (AvgIpc) is 2.76. The third kappa shape index (κ3) is 3.43. The van der Waals surface area contributed by atoms with Crippen molar-refractivity contribution < 1.29 is 19.1 Å². The molecule has 0 bridgehead atoms. The number of amides is 1. The third-order valence-electron chi connectivity index (χ3n) is 4.49. The summed E-state index contributed by atoms with van der Waals surface area (Å²) in [6.07, 6.45) is 1.21. The van der Waals surface area contributed by atoms with Crippen LogP contribution >= 0.6 is 15.9 Å². The first-order chi connectivity index (χ1) is 10.8. The molecule has 1 amide bonds. The first-order valence-electron chi connectivity index (χ1n) is 7.72. The Morgan fingerprint density at radius 1 is 1.30 bits per heavy atom. The fourth-order valence-electron chi connectivity index (χ4n) is 3.53. The number of carbonyl (C=O) groups is 2. The zero-order valence-corrected chi connectivity index (χ0v) is 14.8. The summed E-state index contributed by atoms with van der Waals surface area (Å²) in [5.74, 6) is -0.962. The molecular weight excluding hydrogens is 362 g/mol. The number of hydrogen-bond donors (Lipinski definition) is 1. The van der Waals surface area contributed by atoms with Crippen LogP contribution in [0.15, 0.2) is 28.7 Å². The summed E-state index contributed by atoms with van der Waals surface area (Å²) in [7, 11) is 0. The Labute approximate surface area is 143 Å². The molecule has 2 aliphatic heterocycles. The normalized spacial score (nSPS) is 29.3. The van der Waals surface area contributed by atoms with Gasteiger partial charge < -0.3 is 14.8 Å². The van der Waals surface area contributed by atoms with Crippen LogP contribution in [0.1, 0.15) is 33.1 Å². The lowest BCUT2D eigenvalue weighted by Gasteiger charge is -2.43. The van der Waals surface area contributed by atoms with Crippen LogP contribution in [0.25, 0.3) is 0 Å². The maximum Gasteiger partial charge on any atom is 0.307 e. The van der Waals surface area contributed by atoms with Gasteiger partial charge in [0.1, 0.15) is 5.60 Å². The van der Waals surface area contributed by atoms with Crippen LogP contribution in [0, 0.1) is 5.92 Å². The predicted octanol–water partition coefficient (Wildman–Crippen LogP) is 3.28. The molecule has 23 heavy (non-hydrogen) atoms. The third-order valence-corrected chi connectivity index (χ3v) is 5.02. The van der Waals surface area contributed by atoms with Gasteiger partial charge in [-0.2, -0.15) is 0 Å². The van der Waals surface area contributed by atoms with Crippen molar-refractivity contribution in [3.63, 3.8) is 0 Å². The topological polar surface area (TPSA) is 64.6 Å². The lowest BCUT2D eigenvalue weighted by atomic mass is 9.75. The molecule has 1 aromatic rings. The van der Waals surface area contributed by atoms with Crippen LogP contribution in [-0.2, 0) is 19.1 Å². The largest absolute Gasteiger partial charge is 0.458 e. The summed E-state index contributed by atoms with van der Waals surface area (Å²) >= 11 is 3.36. The highest BCUT2D eigenvalue weighted by Gasteiger charge is 2.56. The monoisotopic (exact) mass is 381 g/mol. The highest BCUT2D eigenvalue weighted by molar-refractivity contribution is 9.10. The summed E-state index contributed by atoms with van der Waals surface area (Å²) in [6, 6.07) is 7.36. The Morgan fingerprint density at radius 3 is 2.65 bits per heavy atom. The van der Waals surface area contributed by atoms with E-state index in [0.29, 0.717) is 25.1 Å². The molecule has 6 heteroatoms. The van der Waals surface area contributed by atoms with E-state index in [1.54, 1.807) is 0 Å². The Bertz CT molecular complexity index is 628. The summed E-state index contributed by atoms with van der Waals surface area (Å²) < 4.78 is 12.3. The van der Waals surface area contributed by atoms with Crippen molar-refractivity contribution in [2.75, 3.05) is 11.9 Å². The minimum absolute atomic E-state index is 0.123. The van der Waals surface area contributed by atoms with Gasteiger partial charge in [0.25, 0.3) is 0 Å². The second-order valence-corrected chi connectivity index (χ2v) is 7.74. The minimum Gasteiger partial charge on any atom is -0.458 e. The first kappa shape index (κ1) is 16.5. The van der Waals surface area contributed by atoms with Gasteiger partial charge in [-0.3, -0.25) is 9.59 Å². The molecule has 0 radical (unpaired) electrons. The second-order valence-electron chi connectivity index (χ2n) is 6.83. The predicted molar refractivity (Wildman–Crippen MR) is 89.0 cm³/mol. The maximum atomic E-state index is 12.7. The molecule has 2 heterocycles.